The highest BCUT2D eigenvalue weighted by molar-refractivity contribution is 5.98. The number of benzene rings is 1. The average Bonchev–Trinajstić information content (AvgIpc) is 3.56. The largest absolute Gasteiger partial charge is 0.456 e. The van der Waals surface area contributed by atoms with Crippen LogP contribution in [0.3, 0.4) is 0 Å². The minimum absolute atomic E-state index is 0.0618. The van der Waals surface area contributed by atoms with E-state index >= 15 is 0 Å². The standard InChI is InChI=1S/C40H60N2O14/c1-4-6-10-16-40(17-11-7-5-2)55-29-22-26(36(49)42-31(24(3)45)37(50)41-18-19-43)21-28(35(29)56-40)53-38(51)27-15-9-8-13-25(27)14-12-20-52-39-34(48)33(47)32(46)30(23-44)54-39/h8-9,12-15,22,24,28-35,39,43-48H,4-7,10-11,16-21,23H2,1-3H3,(H,41,50)(H,42,49). The van der Waals surface area contributed by atoms with Crippen molar-refractivity contribution in [2.24, 2.45) is 0 Å². The number of fused-ring (bicyclic) bond motifs is 1. The number of hydrogen-bond acceptors (Lipinski definition) is 14. The molecule has 16 nitrogen and oxygen atoms in total. The minimum Gasteiger partial charge on any atom is -0.456 e. The second-order valence-electron chi connectivity index (χ2n) is 14.6. The number of aliphatic hydroxyl groups is 6. The van der Waals surface area contributed by atoms with Gasteiger partial charge in [-0.3, -0.25) is 9.59 Å². The summed E-state index contributed by atoms with van der Waals surface area (Å²) in [4.78, 5) is 40.4. The van der Waals surface area contributed by atoms with Crippen LogP contribution in [0.5, 0.6) is 0 Å². The van der Waals surface area contributed by atoms with Gasteiger partial charge in [0, 0.05) is 31.4 Å². The first kappa shape index (κ1) is 45.4. The van der Waals surface area contributed by atoms with Crippen molar-refractivity contribution in [2.75, 3.05) is 26.4 Å². The molecule has 0 aromatic heterocycles. The number of aliphatic hydroxyl groups excluding tert-OH is 6. The summed E-state index contributed by atoms with van der Waals surface area (Å²) in [6.45, 7) is 4.47. The van der Waals surface area contributed by atoms with E-state index in [0.717, 1.165) is 38.5 Å². The maximum absolute atomic E-state index is 14.0. The van der Waals surface area contributed by atoms with E-state index in [1.807, 2.05) is 0 Å². The molecule has 56 heavy (non-hydrogen) atoms. The first-order valence-electron chi connectivity index (χ1n) is 19.7. The van der Waals surface area contributed by atoms with Crippen LogP contribution in [-0.4, -0.2) is 142 Å². The second-order valence-corrected chi connectivity index (χ2v) is 14.6. The Morgan fingerprint density at radius 1 is 0.982 bits per heavy atom. The van der Waals surface area contributed by atoms with E-state index in [0.29, 0.717) is 18.4 Å². The zero-order valence-corrected chi connectivity index (χ0v) is 32.5. The number of carbonyl (C=O) groups excluding carboxylic acids is 3. The fourth-order valence-corrected chi connectivity index (χ4v) is 7.09. The minimum atomic E-state index is -1.59. The molecular weight excluding hydrogens is 732 g/mol. The van der Waals surface area contributed by atoms with Crippen molar-refractivity contribution in [3.05, 3.63) is 53.1 Å². The van der Waals surface area contributed by atoms with Crippen LogP contribution in [0.15, 0.2) is 42.0 Å². The molecule has 16 heteroatoms. The molecule has 2 heterocycles. The second kappa shape index (κ2) is 22.0. The van der Waals surface area contributed by atoms with E-state index in [-0.39, 0.29) is 37.3 Å². The van der Waals surface area contributed by atoms with Gasteiger partial charge in [0.1, 0.15) is 48.8 Å². The Balaban J connectivity index is 1.55. The van der Waals surface area contributed by atoms with Crippen molar-refractivity contribution in [3.8, 4) is 0 Å². The van der Waals surface area contributed by atoms with Gasteiger partial charge in [-0.15, -0.1) is 0 Å². The van der Waals surface area contributed by atoms with Crippen LogP contribution in [0.4, 0.5) is 0 Å². The normalized spacial score (nSPS) is 28.3. The lowest BCUT2D eigenvalue weighted by Crippen LogP contribution is -2.59. The predicted octanol–water partition coefficient (Wildman–Crippen LogP) is 0.987. The highest BCUT2D eigenvalue weighted by Crippen LogP contribution is 2.43. The third-order valence-electron chi connectivity index (χ3n) is 10.2. The highest BCUT2D eigenvalue weighted by Gasteiger charge is 2.52. The molecule has 10 unspecified atom stereocenters. The van der Waals surface area contributed by atoms with Crippen molar-refractivity contribution in [1.82, 2.24) is 10.6 Å². The molecule has 0 bridgehead atoms. The first-order chi connectivity index (χ1) is 26.9. The van der Waals surface area contributed by atoms with Crippen molar-refractivity contribution in [2.45, 2.75) is 146 Å². The number of rotatable bonds is 21. The smallest absolute Gasteiger partial charge is 0.339 e. The summed E-state index contributed by atoms with van der Waals surface area (Å²) in [5, 5.41) is 64.3. The van der Waals surface area contributed by atoms with Crippen molar-refractivity contribution in [1.29, 1.82) is 0 Å². The summed E-state index contributed by atoms with van der Waals surface area (Å²) in [6.07, 6.45) is 0.714. The number of hydrogen-bond donors (Lipinski definition) is 8. The number of unbranched alkanes of at least 4 members (excludes halogenated alkanes) is 4. The van der Waals surface area contributed by atoms with Crippen LogP contribution in [0.1, 0.15) is 94.5 Å². The van der Waals surface area contributed by atoms with Gasteiger partial charge < -0.3 is 65.0 Å². The Bertz CT molecular complexity index is 1470. The lowest BCUT2D eigenvalue weighted by Gasteiger charge is -2.39. The molecule has 1 aliphatic carbocycles. The maximum Gasteiger partial charge on any atom is 0.339 e. The molecule has 4 rings (SSSR count). The third-order valence-corrected chi connectivity index (χ3v) is 10.2. The number of amides is 2. The number of nitrogens with one attached hydrogen (secondary N) is 2. The summed E-state index contributed by atoms with van der Waals surface area (Å²) in [7, 11) is 0. The summed E-state index contributed by atoms with van der Waals surface area (Å²) in [5.74, 6) is -2.99. The number of ether oxygens (including phenoxy) is 5. The van der Waals surface area contributed by atoms with Crippen LogP contribution in [0, 0.1) is 0 Å². The summed E-state index contributed by atoms with van der Waals surface area (Å²) >= 11 is 0. The van der Waals surface area contributed by atoms with Crippen LogP contribution >= 0.6 is 0 Å². The fourth-order valence-electron chi connectivity index (χ4n) is 7.09. The van der Waals surface area contributed by atoms with Crippen LogP contribution in [0.2, 0.25) is 0 Å². The maximum atomic E-state index is 14.0. The molecule has 2 amide bonds. The number of carbonyl (C=O) groups is 3. The Morgan fingerprint density at radius 3 is 2.32 bits per heavy atom. The third kappa shape index (κ3) is 11.9. The molecule has 2 aliphatic heterocycles. The topological polar surface area (TPSA) is 243 Å². The molecule has 8 N–H and O–H groups in total. The molecule has 10 atom stereocenters. The van der Waals surface area contributed by atoms with E-state index in [9.17, 15) is 39.9 Å². The quantitative estimate of drug-likeness (QED) is 0.0640. The first-order valence-corrected chi connectivity index (χ1v) is 19.7. The molecular formula is C40H60N2O14. The van der Waals surface area contributed by atoms with Gasteiger partial charge in [-0.1, -0.05) is 69.9 Å². The van der Waals surface area contributed by atoms with Crippen molar-refractivity contribution < 1.29 is 68.7 Å². The van der Waals surface area contributed by atoms with Crippen molar-refractivity contribution >= 4 is 23.9 Å². The molecule has 3 aliphatic rings. The summed E-state index contributed by atoms with van der Waals surface area (Å²) in [6, 6.07) is 5.33. The number of esters is 1. The SMILES string of the molecule is CCCCCC1(CCCCC)OC2C=C(C(=O)NC(C(=O)NCCO)C(C)O)CC(OC(=O)c3ccccc3C=CCOC3OC(CO)C(O)C(O)C3O)C2O1. The molecule has 2 fully saturated rings. The lowest BCUT2D eigenvalue weighted by molar-refractivity contribution is -0.298. The Morgan fingerprint density at radius 2 is 1.68 bits per heavy atom. The molecule has 1 aromatic carbocycles. The zero-order chi connectivity index (χ0) is 40.8. The van der Waals surface area contributed by atoms with Crippen LogP contribution < -0.4 is 10.6 Å². The Labute approximate surface area is 327 Å². The van der Waals surface area contributed by atoms with Gasteiger partial charge in [0.05, 0.1) is 31.5 Å². The van der Waals surface area contributed by atoms with Gasteiger partial charge in [-0.2, -0.15) is 0 Å². The molecule has 314 valence electrons. The highest BCUT2D eigenvalue weighted by atomic mass is 16.8. The summed E-state index contributed by atoms with van der Waals surface area (Å²) in [5.41, 5.74) is 0.839. The molecule has 0 saturated carbocycles. The van der Waals surface area contributed by atoms with Gasteiger partial charge in [0.25, 0.3) is 0 Å². The molecule has 0 radical (unpaired) electrons. The van der Waals surface area contributed by atoms with E-state index in [1.165, 1.54) is 6.92 Å². The van der Waals surface area contributed by atoms with Gasteiger partial charge in [0.15, 0.2) is 12.1 Å². The molecule has 0 spiro atoms. The van der Waals surface area contributed by atoms with Gasteiger partial charge in [-0.05, 0) is 37.5 Å². The average molecular weight is 793 g/mol. The molecule has 1 aromatic rings. The van der Waals surface area contributed by atoms with E-state index in [2.05, 4.69) is 24.5 Å². The monoisotopic (exact) mass is 792 g/mol. The summed E-state index contributed by atoms with van der Waals surface area (Å²) < 4.78 is 30.5. The van der Waals surface area contributed by atoms with Crippen LogP contribution in [-0.2, 0) is 33.3 Å². The fraction of sp³-hybridized carbons (Fsp3) is 0.675. The predicted molar refractivity (Wildman–Crippen MR) is 202 cm³/mol. The van der Waals surface area contributed by atoms with E-state index < -0.39 is 91.3 Å². The van der Waals surface area contributed by atoms with Crippen molar-refractivity contribution in [3.63, 3.8) is 0 Å². The Kier molecular flexibility index (Phi) is 17.9. The molecule has 2 saturated heterocycles. The zero-order valence-electron chi connectivity index (χ0n) is 32.5. The van der Waals surface area contributed by atoms with Crippen LogP contribution in [0.25, 0.3) is 6.08 Å². The van der Waals surface area contributed by atoms with Gasteiger partial charge >= 0.3 is 5.97 Å². The van der Waals surface area contributed by atoms with E-state index in [4.69, 9.17) is 28.8 Å². The Hall–Kier alpha value is -3.29. The van der Waals surface area contributed by atoms with Gasteiger partial charge in [-0.25, -0.2) is 4.79 Å². The lowest BCUT2D eigenvalue weighted by atomic mass is 9.91. The van der Waals surface area contributed by atoms with E-state index in [1.54, 1.807) is 42.5 Å². The van der Waals surface area contributed by atoms with Gasteiger partial charge in [0.2, 0.25) is 11.8 Å².